The molecule has 0 fully saturated rings. The highest BCUT2D eigenvalue weighted by atomic mass is 16.5. The van der Waals surface area contributed by atoms with Crippen molar-refractivity contribution in [1.29, 1.82) is 0 Å². The van der Waals surface area contributed by atoms with Crippen LogP contribution in [0.1, 0.15) is 10.5 Å². The third-order valence-corrected chi connectivity index (χ3v) is 2.59. The highest BCUT2D eigenvalue weighted by Gasteiger charge is 2.11. The van der Waals surface area contributed by atoms with Crippen LogP contribution in [0.4, 0.5) is 0 Å². The molecule has 5 heteroatoms. The number of fused-ring (bicyclic) bond motifs is 1. The van der Waals surface area contributed by atoms with Gasteiger partial charge in [0.25, 0.3) is 0 Å². The predicted octanol–water partition coefficient (Wildman–Crippen LogP) is 2.04. The number of ether oxygens (including phenoxy) is 3. The number of carbonyl (C=O) groups is 1. The van der Waals surface area contributed by atoms with E-state index >= 15 is 0 Å². The van der Waals surface area contributed by atoms with E-state index in [4.69, 9.17) is 9.47 Å². The van der Waals surface area contributed by atoms with Crippen LogP contribution >= 0.6 is 0 Å². The Morgan fingerprint density at radius 3 is 2.33 bits per heavy atom. The fourth-order valence-electron chi connectivity index (χ4n) is 1.67. The zero-order valence-electron chi connectivity index (χ0n) is 10.4. The Balaban J connectivity index is 2.59. The maximum absolute atomic E-state index is 11.4. The second kappa shape index (κ2) is 4.91. The quantitative estimate of drug-likeness (QED) is 0.777. The molecule has 2 rings (SSSR count). The summed E-state index contributed by atoms with van der Waals surface area (Å²) in [7, 11) is 4.44. The first kappa shape index (κ1) is 12.2. The van der Waals surface area contributed by atoms with Crippen molar-refractivity contribution in [2.75, 3.05) is 21.3 Å². The van der Waals surface area contributed by atoms with Crippen LogP contribution in [-0.4, -0.2) is 32.3 Å². The minimum atomic E-state index is -0.466. The lowest BCUT2D eigenvalue weighted by Crippen LogP contribution is -2.04. The number of benzene rings is 1. The minimum absolute atomic E-state index is 0.261. The van der Waals surface area contributed by atoms with Crippen LogP contribution < -0.4 is 9.47 Å². The second-order valence-electron chi connectivity index (χ2n) is 3.59. The van der Waals surface area contributed by atoms with Crippen molar-refractivity contribution in [3.8, 4) is 11.5 Å². The van der Waals surface area contributed by atoms with Crippen molar-refractivity contribution in [2.45, 2.75) is 0 Å². The van der Waals surface area contributed by atoms with Gasteiger partial charge in [0.15, 0.2) is 11.5 Å². The lowest BCUT2D eigenvalue weighted by Gasteiger charge is -2.09. The molecule has 94 valence electrons. The molecule has 0 unspecified atom stereocenters. The molecule has 1 heterocycles. The number of carbonyl (C=O) groups excluding carboxylic acids is 1. The smallest absolute Gasteiger partial charge is 0.356 e. The van der Waals surface area contributed by atoms with Crippen molar-refractivity contribution < 1.29 is 19.0 Å². The van der Waals surface area contributed by atoms with Gasteiger partial charge in [-0.3, -0.25) is 0 Å². The minimum Gasteiger partial charge on any atom is -0.493 e. The Labute approximate surface area is 104 Å². The molecular formula is C13H13NO4. The molecule has 0 saturated carbocycles. The molecule has 1 aromatic heterocycles. The van der Waals surface area contributed by atoms with Gasteiger partial charge in [-0.2, -0.15) is 0 Å². The molecule has 0 amide bonds. The summed E-state index contributed by atoms with van der Waals surface area (Å²) in [6, 6.07) is 6.93. The van der Waals surface area contributed by atoms with E-state index in [0.29, 0.717) is 17.0 Å². The van der Waals surface area contributed by atoms with Crippen LogP contribution in [0.5, 0.6) is 11.5 Å². The Morgan fingerprint density at radius 1 is 1.06 bits per heavy atom. The number of esters is 1. The normalized spacial score (nSPS) is 10.2. The lowest BCUT2D eigenvalue weighted by molar-refractivity contribution is 0.0594. The van der Waals surface area contributed by atoms with Gasteiger partial charge >= 0.3 is 5.97 Å². The van der Waals surface area contributed by atoms with E-state index in [-0.39, 0.29) is 5.69 Å². The maximum Gasteiger partial charge on any atom is 0.356 e. The van der Waals surface area contributed by atoms with Gasteiger partial charge in [-0.05, 0) is 12.1 Å². The highest BCUT2D eigenvalue weighted by Crippen LogP contribution is 2.31. The Morgan fingerprint density at radius 2 is 1.72 bits per heavy atom. The van der Waals surface area contributed by atoms with Crippen molar-refractivity contribution >= 4 is 16.9 Å². The van der Waals surface area contributed by atoms with E-state index in [1.165, 1.54) is 7.11 Å². The van der Waals surface area contributed by atoms with E-state index < -0.39 is 5.97 Å². The van der Waals surface area contributed by atoms with Crippen LogP contribution in [0.2, 0.25) is 0 Å². The van der Waals surface area contributed by atoms with E-state index in [1.54, 1.807) is 32.4 Å². The Bertz CT molecular complexity index is 595. The summed E-state index contributed by atoms with van der Waals surface area (Å²) in [5, 5.41) is 0.861. The van der Waals surface area contributed by atoms with Crippen molar-refractivity contribution in [2.24, 2.45) is 0 Å². The zero-order chi connectivity index (χ0) is 13.1. The molecular weight excluding hydrogens is 234 g/mol. The molecule has 0 aliphatic heterocycles. The van der Waals surface area contributed by atoms with E-state index in [1.807, 2.05) is 6.07 Å². The molecule has 5 nitrogen and oxygen atoms in total. The van der Waals surface area contributed by atoms with Crippen LogP contribution in [0.25, 0.3) is 10.9 Å². The fraction of sp³-hybridized carbons (Fsp3) is 0.231. The summed E-state index contributed by atoms with van der Waals surface area (Å²) in [6.45, 7) is 0. The van der Waals surface area contributed by atoms with E-state index in [9.17, 15) is 4.79 Å². The Kier molecular flexibility index (Phi) is 3.32. The van der Waals surface area contributed by atoms with Gasteiger partial charge in [-0.25, -0.2) is 9.78 Å². The SMILES string of the molecule is COC(=O)c1ccc2cc(OC)c(OC)cc2n1. The summed E-state index contributed by atoms with van der Waals surface area (Å²) >= 11 is 0. The van der Waals surface area contributed by atoms with Crippen molar-refractivity contribution in [3.63, 3.8) is 0 Å². The molecule has 18 heavy (non-hydrogen) atoms. The molecule has 0 aliphatic carbocycles. The summed E-state index contributed by atoms with van der Waals surface area (Å²) in [6.07, 6.45) is 0. The number of hydrogen-bond acceptors (Lipinski definition) is 5. The number of methoxy groups -OCH3 is 3. The summed E-state index contributed by atoms with van der Waals surface area (Å²) < 4.78 is 15.0. The molecule has 0 aliphatic rings. The van der Waals surface area contributed by atoms with Crippen LogP contribution in [0.15, 0.2) is 24.3 Å². The Hall–Kier alpha value is -2.30. The van der Waals surface area contributed by atoms with Crippen molar-refractivity contribution in [1.82, 2.24) is 4.98 Å². The first-order valence-corrected chi connectivity index (χ1v) is 5.30. The third-order valence-electron chi connectivity index (χ3n) is 2.59. The van der Waals surface area contributed by atoms with Crippen molar-refractivity contribution in [3.05, 3.63) is 30.0 Å². The number of pyridine rings is 1. The molecule has 0 N–H and O–H groups in total. The van der Waals surface area contributed by atoms with E-state index in [0.717, 1.165) is 5.39 Å². The zero-order valence-corrected chi connectivity index (χ0v) is 10.4. The standard InChI is InChI=1S/C13H13NO4/c1-16-11-6-8-4-5-9(13(15)18-3)14-10(8)7-12(11)17-2/h4-7H,1-3H3. The topological polar surface area (TPSA) is 57.7 Å². The number of hydrogen-bond donors (Lipinski definition) is 0. The van der Waals surface area contributed by atoms with Gasteiger partial charge in [0.2, 0.25) is 0 Å². The second-order valence-corrected chi connectivity index (χ2v) is 3.59. The summed E-state index contributed by atoms with van der Waals surface area (Å²) in [5.41, 5.74) is 0.910. The molecule has 2 aromatic rings. The average molecular weight is 247 g/mol. The van der Waals surface area contributed by atoms with Gasteiger partial charge in [0.1, 0.15) is 5.69 Å². The molecule has 1 aromatic carbocycles. The molecule has 0 spiro atoms. The summed E-state index contributed by atoms with van der Waals surface area (Å²) in [4.78, 5) is 15.6. The molecule has 0 radical (unpaired) electrons. The summed E-state index contributed by atoms with van der Waals surface area (Å²) in [5.74, 6) is 0.726. The van der Waals surface area contributed by atoms with Gasteiger partial charge in [-0.15, -0.1) is 0 Å². The van der Waals surface area contributed by atoms with Gasteiger partial charge in [0.05, 0.1) is 26.8 Å². The molecule has 0 atom stereocenters. The molecule has 0 saturated heterocycles. The third kappa shape index (κ3) is 2.07. The van der Waals surface area contributed by atoms with Gasteiger partial charge in [0, 0.05) is 11.5 Å². The van der Waals surface area contributed by atoms with E-state index in [2.05, 4.69) is 9.72 Å². The highest BCUT2D eigenvalue weighted by molar-refractivity contribution is 5.91. The van der Waals surface area contributed by atoms with Crippen LogP contribution in [0.3, 0.4) is 0 Å². The number of nitrogens with zero attached hydrogens (tertiary/aromatic N) is 1. The first-order valence-electron chi connectivity index (χ1n) is 5.30. The average Bonchev–Trinajstić information content (AvgIpc) is 2.44. The van der Waals surface area contributed by atoms with Crippen LogP contribution in [-0.2, 0) is 4.74 Å². The fourth-order valence-corrected chi connectivity index (χ4v) is 1.67. The lowest BCUT2D eigenvalue weighted by atomic mass is 10.2. The largest absolute Gasteiger partial charge is 0.493 e. The first-order chi connectivity index (χ1) is 8.69. The van der Waals surface area contributed by atoms with Gasteiger partial charge in [-0.1, -0.05) is 6.07 Å². The number of rotatable bonds is 3. The molecule has 0 bridgehead atoms. The predicted molar refractivity (Wildman–Crippen MR) is 66.2 cm³/mol. The number of aromatic nitrogens is 1. The monoisotopic (exact) mass is 247 g/mol. The maximum atomic E-state index is 11.4. The van der Waals surface area contributed by atoms with Crippen LogP contribution in [0, 0.1) is 0 Å². The van der Waals surface area contributed by atoms with Gasteiger partial charge < -0.3 is 14.2 Å².